The lowest BCUT2D eigenvalue weighted by atomic mass is 10.0. The molecule has 0 aromatic rings. The van der Waals surface area contributed by atoms with Crippen molar-refractivity contribution in [3.63, 3.8) is 0 Å². The monoisotopic (exact) mass is 253 g/mol. The van der Waals surface area contributed by atoms with Gasteiger partial charge in [-0.2, -0.15) is 0 Å². The van der Waals surface area contributed by atoms with Crippen molar-refractivity contribution in [1.82, 2.24) is 5.48 Å². The van der Waals surface area contributed by atoms with Crippen LogP contribution in [0.2, 0.25) is 0 Å². The van der Waals surface area contributed by atoms with Crippen molar-refractivity contribution in [3.8, 4) is 0 Å². The van der Waals surface area contributed by atoms with Crippen LogP contribution in [0.15, 0.2) is 0 Å². The second-order valence-corrected chi connectivity index (χ2v) is 3.27. The van der Waals surface area contributed by atoms with Crippen molar-refractivity contribution in [2.24, 2.45) is 0 Å². The summed E-state index contributed by atoms with van der Waals surface area (Å²) < 4.78 is 0. The molecule has 0 aromatic carbocycles. The predicted octanol–water partition coefficient (Wildman–Crippen LogP) is -3.42. The Morgan fingerprint density at radius 2 is 1.76 bits per heavy atom. The lowest BCUT2D eigenvalue weighted by Gasteiger charge is -2.25. The molecule has 0 bridgehead atoms. The second-order valence-electron chi connectivity index (χ2n) is 3.27. The molecule has 1 amide bonds. The van der Waals surface area contributed by atoms with E-state index in [0.717, 1.165) is 6.92 Å². The number of carbonyl (C=O) groups excluding carboxylic acids is 1. The first-order valence-electron chi connectivity index (χ1n) is 4.61. The van der Waals surface area contributed by atoms with E-state index in [0.29, 0.717) is 0 Å². The van der Waals surface area contributed by atoms with Crippen molar-refractivity contribution in [1.29, 1.82) is 0 Å². The Hall–Kier alpha value is -1.26. The van der Waals surface area contributed by atoms with Crippen molar-refractivity contribution >= 4 is 11.9 Å². The van der Waals surface area contributed by atoms with Crippen molar-refractivity contribution in [2.45, 2.75) is 31.3 Å². The van der Waals surface area contributed by atoms with E-state index in [1.807, 2.05) is 0 Å². The molecule has 0 saturated heterocycles. The normalized spacial score (nSPS) is 17.9. The molecule has 0 aliphatic carbocycles. The van der Waals surface area contributed by atoms with Crippen LogP contribution in [0, 0.1) is 0 Å². The van der Waals surface area contributed by atoms with Crippen LogP contribution in [0.25, 0.3) is 0 Å². The van der Waals surface area contributed by atoms with Gasteiger partial charge in [0.1, 0.15) is 18.3 Å². The lowest BCUT2D eigenvalue weighted by Crippen LogP contribution is -2.51. The molecule has 6 N–H and O–H groups in total. The molecular weight excluding hydrogens is 238 g/mol. The summed E-state index contributed by atoms with van der Waals surface area (Å²) in [6.07, 6.45) is -7.67. The first-order chi connectivity index (χ1) is 7.81. The summed E-state index contributed by atoms with van der Waals surface area (Å²) in [5, 5.41) is 44.8. The fraction of sp³-hybridized carbons (Fsp3) is 0.750. The third kappa shape index (κ3) is 5.06. The van der Waals surface area contributed by atoms with Gasteiger partial charge in [0.2, 0.25) is 12.0 Å². The zero-order valence-electron chi connectivity index (χ0n) is 8.98. The van der Waals surface area contributed by atoms with Crippen LogP contribution >= 0.6 is 0 Å². The highest BCUT2D eigenvalue weighted by atomic mass is 16.7. The maximum absolute atomic E-state index is 10.7. The van der Waals surface area contributed by atoms with E-state index in [9.17, 15) is 19.8 Å². The van der Waals surface area contributed by atoms with Crippen LogP contribution in [0.4, 0.5) is 0 Å². The number of amides is 1. The van der Waals surface area contributed by atoms with Gasteiger partial charge in [-0.25, -0.2) is 10.3 Å². The Bertz CT molecular complexity index is 270. The Labute approximate surface area is 96.2 Å². The molecule has 0 unspecified atom stereocenters. The minimum Gasteiger partial charge on any atom is -0.479 e. The summed E-state index contributed by atoms with van der Waals surface area (Å²) in [6.45, 7) is 0.176. The van der Waals surface area contributed by atoms with Gasteiger partial charge in [0.15, 0.2) is 0 Å². The van der Waals surface area contributed by atoms with Gasteiger partial charge >= 0.3 is 5.97 Å². The summed E-state index contributed by atoms with van der Waals surface area (Å²) in [5.74, 6) is -2.36. The van der Waals surface area contributed by atoms with E-state index in [1.54, 1.807) is 5.48 Å². The maximum atomic E-state index is 10.7. The Kier molecular flexibility index (Phi) is 6.61. The van der Waals surface area contributed by atoms with Crippen LogP contribution in [0.5, 0.6) is 0 Å². The number of aliphatic hydroxyl groups is 4. The minimum absolute atomic E-state index is 0.708. The first-order valence-corrected chi connectivity index (χ1v) is 4.61. The van der Waals surface area contributed by atoms with E-state index in [-0.39, 0.29) is 0 Å². The fourth-order valence-electron chi connectivity index (χ4n) is 0.927. The number of aliphatic carboxylic acids is 1. The predicted molar refractivity (Wildman–Crippen MR) is 51.4 cm³/mol. The highest BCUT2D eigenvalue weighted by Gasteiger charge is 2.37. The molecule has 0 spiro atoms. The highest BCUT2D eigenvalue weighted by molar-refractivity contribution is 5.74. The van der Waals surface area contributed by atoms with Gasteiger partial charge in [-0.3, -0.25) is 9.63 Å². The van der Waals surface area contributed by atoms with Gasteiger partial charge in [0, 0.05) is 6.92 Å². The molecule has 4 atom stereocenters. The number of carboxylic acid groups (broad SMARTS) is 1. The molecule has 0 aromatic heterocycles. The molecular formula is C8H15NO8. The largest absolute Gasteiger partial charge is 0.479 e. The van der Waals surface area contributed by atoms with Gasteiger partial charge in [-0.05, 0) is 0 Å². The number of hydrogen-bond acceptors (Lipinski definition) is 7. The van der Waals surface area contributed by atoms with Gasteiger partial charge in [-0.1, -0.05) is 0 Å². The molecule has 0 radical (unpaired) electrons. The number of nitrogens with one attached hydrogen (secondary N) is 1. The number of hydrogen-bond donors (Lipinski definition) is 6. The van der Waals surface area contributed by atoms with E-state index in [2.05, 4.69) is 4.84 Å². The fourth-order valence-corrected chi connectivity index (χ4v) is 0.927. The summed E-state index contributed by atoms with van der Waals surface area (Å²) >= 11 is 0. The van der Waals surface area contributed by atoms with E-state index in [1.165, 1.54) is 0 Å². The van der Waals surface area contributed by atoms with Gasteiger partial charge in [0.05, 0.1) is 6.61 Å². The Morgan fingerprint density at radius 1 is 1.24 bits per heavy atom. The third-order valence-electron chi connectivity index (χ3n) is 1.81. The summed E-state index contributed by atoms with van der Waals surface area (Å²) in [7, 11) is 0. The zero-order valence-corrected chi connectivity index (χ0v) is 8.98. The van der Waals surface area contributed by atoms with Crippen molar-refractivity contribution in [3.05, 3.63) is 0 Å². The molecule has 0 aliphatic rings. The molecule has 0 heterocycles. The Balaban J connectivity index is 4.58. The number of carboxylic acids is 1. The third-order valence-corrected chi connectivity index (χ3v) is 1.81. The van der Waals surface area contributed by atoms with E-state index >= 15 is 0 Å². The molecule has 0 saturated carbocycles. The Morgan fingerprint density at radius 3 is 2.12 bits per heavy atom. The summed E-state index contributed by atoms with van der Waals surface area (Å²) in [6, 6.07) is 0. The molecule has 17 heavy (non-hydrogen) atoms. The van der Waals surface area contributed by atoms with Crippen LogP contribution in [0.1, 0.15) is 6.92 Å². The second kappa shape index (κ2) is 7.14. The smallest absolute Gasteiger partial charge is 0.338 e. The molecule has 0 rings (SSSR count). The zero-order chi connectivity index (χ0) is 13.6. The van der Waals surface area contributed by atoms with Crippen molar-refractivity contribution in [2.75, 3.05) is 6.61 Å². The average Bonchev–Trinajstić information content (AvgIpc) is 2.25. The molecule has 0 fully saturated rings. The van der Waals surface area contributed by atoms with E-state index in [4.69, 9.17) is 15.3 Å². The summed E-state index contributed by atoms with van der Waals surface area (Å²) in [4.78, 5) is 25.5. The van der Waals surface area contributed by atoms with Crippen LogP contribution in [-0.2, 0) is 14.4 Å². The van der Waals surface area contributed by atoms with E-state index < -0.39 is 42.9 Å². The minimum atomic E-state index is -2.03. The summed E-state index contributed by atoms with van der Waals surface area (Å²) in [5.41, 5.74) is 1.68. The van der Waals surface area contributed by atoms with Crippen LogP contribution < -0.4 is 5.48 Å². The van der Waals surface area contributed by atoms with Crippen LogP contribution in [0.3, 0.4) is 0 Å². The molecule has 9 heteroatoms. The number of carbonyl (C=O) groups is 2. The quantitative estimate of drug-likeness (QED) is 0.256. The average molecular weight is 253 g/mol. The lowest BCUT2D eigenvalue weighted by molar-refractivity contribution is -0.184. The van der Waals surface area contributed by atoms with Gasteiger partial charge < -0.3 is 25.5 Å². The number of hydroxylamine groups is 1. The maximum Gasteiger partial charge on any atom is 0.338 e. The van der Waals surface area contributed by atoms with Crippen LogP contribution in [-0.4, -0.2) is 68.4 Å². The standard InChI is InChI=1S/C8H15NO8/c1-3(11)9-17-7(8(15)16)6(14)5(13)4(12)2-10/h4-7,10,12-14H,2H2,1H3,(H,9,11)(H,15,16)/t4-,5+,6-,7-/m1/s1. The number of rotatable bonds is 7. The first kappa shape index (κ1) is 15.7. The van der Waals surface area contributed by atoms with Crippen molar-refractivity contribution < 1.29 is 40.0 Å². The highest BCUT2D eigenvalue weighted by Crippen LogP contribution is 2.08. The topological polar surface area (TPSA) is 157 Å². The SMILES string of the molecule is CC(=O)NO[C@@H](C(=O)O)[C@H](O)[C@@H](O)[C@H](O)CO. The van der Waals surface area contributed by atoms with Gasteiger partial charge in [-0.15, -0.1) is 0 Å². The number of aliphatic hydroxyl groups excluding tert-OH is 4. The molecule has 100 valence electrons. The molecule has 9 nitrogen and oxygen atoms in total. The van der Waals surface area contributed by atoms with Gasteiger partial charge in [0.25, 0.3) is 0 Å². The molecule has 0 aliphatic heterocycles.